The Morgan fingerprint density at radius 3 is 2.84 bits per heavy atom. The molecule has 1 heterocycles. The minimum Gasteiger partial charge on any atom is -0.389 e. The topological polar surface area (TPSA) is 78.1 Å². The second-order valence-electron chi connectivity index (χ2n) is 3.70. The van der Waals surface area contributed by atoms with Gasteiger partial charge in [-0.05, 0) is 23.8 Å². The molecule has 5 nitrogen and oxygen atoms in total. The van der Waals surface area contributed by atoms with E-state index >= 15 is 0 Å². The predicted molar refractivity (Wildman–Crippen MR) is 66.5 cm³/mol. The van der Waals surface area contributed by atoms with Gasteiger partial charge in [-0.2, -0.15) is 5.10 Å². The zero-order valence-electron chi connectivity index (χ0n) is 9.64. The minimum absolute atomic E-state index is 0.0376. The van der Waals surface area contributed by atoms with Crippen LogP contribution in [0.2, 0.25) is 5.02 Å². The summed E-state index contributed by atoms with van der Waals surface area (Å²) in [6, 6.07) is 5.90. The maximum absolute atomic E-state index is 13.7. The van der Waals surface area contributed by atoms with Gasteiger partial charge in [0.1, 0.15) is 5.82 Å². The summed E-state index contributed by atoms with van der Waals surface area (Å²) in [7, 11) is 0. The summed E-state index contributed by atoms with van der Waals surface area (Å²) in [5, 5.41) is 7.53. The van der Waals surface area contributed by atoms with E-state index in [4.69, 9.17) is 22.1 Å². The van der Waals surface area contributed by atoms with Gasteiger partial charge in [-0.15, -0.1) is 5.10 Å². The number of carbonyl (C=O) groups excluding carboxylic acids is 1. The van der Waals surface area contributed by atoms with Crippen molar-refractivity contribution in [2.45, 2.75) is 6.42 Å². The summed E-state index contributed by atoms with van der Waals surface area (Å²) in [5.74, 6) is -0.487. The van der Waals surface area contributed by atoms with Gasteiger partial charge in [-0.1, -0.05) is 17.7 Å². The Hall–Kier alpha value is -2.21. The molecule has 0 aliphatic heterocycles. The van der Waals surface area contributed by atoms with Crippen LogP contribution in [-0.2, 0) is 6.42 Å². The van der Waals surface area contributed by atoms with E-state index < -0.39 is 11.9 Å². The third-order valence-corrected chi connectivity index (χ3v) is 2.59. The van der Waals surface area contributed by atoms with Gasteiger partial charge >= 0.3 is 6.09 Å². The van der Waals surface area contributed by atoms with Crippen LogP contribution in [0.5, 0.6) is 5.88 Å². The van der Waals surface area contributed by atoms with Crippen molar-refractivity contribution in [1.82, 2.24) is 10.2 Å². The number of rotatable bonds is 3. The van der Waals surface area contributed by atoms with E-state index in [1.807, 2.05) is 0 Å². The largest absolute Gasteiger partial charge is 0.411 e. The third kappa shape index (κ3) is 3.38. The van der Waals surface area contributed by atoms with E-state index in [1.54, 1.807) is 18.2 Å². The SMILES string of the molecule is NC(=O)Oc1nnccc1Cc1ccc(Cl)cc1F. The van der Waals surface area contributed by atoms with E-state index in [1.165, 1.54) is 12.3 Å². The monoisotopic (exact) mass is 281 g/mol. The van der Waals surface area contributed by atoms with E-state index in [0.717, 1.165) is 0 Å². The van der Waals surface area contributed by atoms with Crippen molar-refractivity contribution < 1.29 is 13.9 Å². The quantitative estimate of drug-likeness (QED) is 0.936. The summed E-state index contributed by atoms with van der Waals surface area (Å²) in [6.45, 7) is 0. The van der Waals surface area contributed by atoms with E-state index in [2.05, 4.69) is 10.2 Å². The highest BCUT2D eigenvalue weighted by Crippen LogP contribution is 2.21. The Balaban J connectivity index is 2.30. The molecule has 98 valence electrons. The summed E-state index contributed by atoms with van der Waals surface area (Å²) in [6.07, 6.45) is 0.594. The highest BCUT2D eigenvalue weighted by atomic mass is 35.5. The molecule has 7 heteroatoms. The molecule has 2 aromatic rings. The number of benzene rings is 1. The first-order chi connectivity index (χ1) is 9.06. The summed E-state index contributed by atoms with van der Waals surface area (Å²) >= 11 is 5.67. The van der Waals surface area contributed by atoms with Crippen LogP contribution in [0, 0.1) is 5.82 Å². The number of primary amides is 1. The smallest absolute Gasteiger partial charge is 0.389 e. The third-order valence-electron chi connectivity index (χ3n) is 2.36. The molecule has 0 bridgehead atoms. The van der Waals surface area contributed by atoms with Gasteiger partial charge in [0.2, 0.25) is 5.88 Å². The zero-order valence-corrected chi connectivity index (χ0v) is 10.4. The lowest BCUT2D eigenvalue weighted by Gasteiger charge is -2.07. The fourth-order valence-corrected chi connectivity index (χ4v) is 1.69. The van der Waals surface area contributed by atoms with Crippen LogP contribution in [0.25, 0.3) is 0 Å². The molecule has 1 aromatic heterocycles. The lowest BCUT2D eigenvalue weighted by Crippen LogP contribution is -2.18. The molecule has 0 radical (unpaired) electrons. The number of halogens is 2. The van der Waals surface area contributed by atoms with Crippen LogP contribution in [0.15, 0.2) is 30.5 Å². The van der Waals surface area contributed by atoms with Crippen LogP contribution < -0.4 is 10.5 Å². The minimum atomic E-state index is -1.00. The molecule has 1 amide bonds. The maximum atomic E-state index is 13.7. The Morgan fingerprint density at radius 2 is 2.16 bits per heavy atom. The first-order valence-corrected chi connectivity index (χ1v) is 5.66. The van der Waals surface area contributed by atoms with Crippen LogP contribution in [0.3, 0.4) is 0 Å². The molecule has 0 spiro atoms. The average Bonchev–Trinajstić information content (AvgIpc) is 2.34. The molecule has 0 saturated heterocycles. The molecule has 2 rings (SSSR count). The van der Waals surface area contributed by atoms with E-state index in [9.17, 15) is 9.18 Å². The number of ether oxygens (including phenoxy) is 1. The Labute approximate surface area is 113 Å². The zero-order chi connectivity index (χ0) is 13.8. The Kier molecular flexibility index (Phi) is 3.91. The van der Waals surface area contributed by atoms with Crippen LogP contribution in [0.4, 0.5) is 9.18 Å². The summed E-state index contributed by atoms with van der Waals surface area (Å²) < 4.78 is 18.4. The van der Waals surface area contributed by atoms with Crippen molar-refractivity contribution in [1.29, 1.82) is 0 Å². The normalized spacial score (nSPS) is 10.2. The number of carbonyl (C=O) groups is 1. The second kappa shape index (κ2) is 5.62. The number of nitrogens with zero attached hydrogens (tertiary/aromatic N) is 2. The number of aromatic nitrogens is 2. The van der Waals surface area contributed by atoms with Crippen LogP contribution >= 0.6 is 11.6 Å². The highest BCUT2D eigenvalue weighted by molar-refractivity contribution is 6.30. The fourth-order valence-electron chi connectivity index (χ4n) is 1.53. The molecule has 0 aliphatic carbocycles. The van der Waals surface area contributed by atoms with E-state index in [0.29, 0.717) is 16.1 Å². The Morgan fingerprint density at radius 1 is 1.37 bits per heavy atom. The van der Waals surface area contributed by atoms with Gasteiger partial charge in [0.15, 0.2) is 0 Å². The molecule has 0 aliphatic rings. The number of hydrogen-bond donors (Lipinski definition) is 1. The first kappa shape index (κ1) is 13.2. The van der Waals surface area contributed by atoms with E-state index in [-0.39, 0.29) is 12.3 Å². The van der Waals surface area contributed by atoms with Crippen molar-refractivity contribution in [3.05, 3.63) is 52.4 Å². The second-order valence-corrected chi connectivity index (χ2v) is 4.13. The highest BCUT2D eigenvalue weighted by Gasteiger charge is 2.11. The summed E-state index contributed by atoms with van der Waals surface area (Å²) in [5.41, 5.74) is 5.81. The molecular formula is C12H9ClFN3O2. The van der Waals surface area contributed by atoms with Gasteiger partial charge in [-0.25, -0.2) is 9.18 Å². The average molecular weight is 282 g/mol. The molecular weight excluding hydrogens is 273 g/mol. The van der Waals surface area contributed by atoms with Crippen molar-refractivity contribution in [2.75, 3.05) is 0 Å². The predicted octanol–water partition coefficient (Wildman–Crippen LogP) is 2.32. The molecule has 19 heavy (non-hydrogen) atoms. The number of amides is 1. The van der Waals surface area contributed by atoms with Gasteiger partial charge in [0, 0.05) is 17.0 Å². The van der Waals surface area contributed by atoms with Crippen molar-refractivity contribution in [2.24, 2.45) is 5.73 Å². The maximum Gasteiger partial charge on any atom is 0.411 e. The molecule has 0 saturated carbocycles. The Bertz CT molecular complexity index is 622. The first-order valence-electron chi connectivity index (χ1n) is 5.28. The van der Waals surface area contributed by atoms with Crippen LogP contribution in [0.1, 0.15) is 11.1 Å². The molecule has 0 fully saturated rings. The van der Waals surface area contributed by atoms with Crippen molar-refractivity contribution in [3.63, 3.8) is 0 Å². The standard InChI is InChI=1S/C12H9ClFN3O2/c13-9-2-1-7(10(14)6-9)5-8-3-4-16-17-11(8)19-12(15)18/h1-4,6H,5H2,(H2,15,18). The fraction of sp³-hybridized carbons (Fsp3) is 0.0833. The van der Waals surface area contributed by atoms with Crippen LogP contribution in [-0.4, -0.2) is 16.3 Å². The number of hydrogen-bond acceptors (Lipinski definition) is 4. The van der Waals surface area contributed by atoms with Crippen molar-refractivity contribution in [3.8, 4) is 5.88 Å². The van der Waals surface area contributed by atoms with Gasteiger partial charge in [0.25, 0.3) is 0 Å². The lowest BCUT2D eigenvalue weighted by atomic mass is 10.1. The van der Waals surface area contributed by atoms with Gasteiger partial charge < -0.3 is 10.5 Å². The molecule has 0 atom stereocenters. The van der Waals surface area contributed by atoms with Gasteiger partial charge in [0.05, 0.1) is 6.20 Å². The molecule has 1 aromatic carbocycles. The molecule has 2 N–H and O–H groups in total. The molecule has 0 unspecified atom stereocenters. The van der Waals surface area contributed by atoms with Crippen molar-refractivity contribution >= 4 is 17.7 Å². The number of nitrogens with two attached hydrogens (primary N) is 1. The lowest BCUT2D eigenvalue weighted by molar-refractivity contribution is 0.208. The summed E-state index contributed by atoms with van der Waals surface area (Å²) in [4.78, 5) is 10.7. The van der Waals surface area contributed by atoms with Gasteiger partial charge in [-0.3, -0.25) is 0 Å².